The van der Waals surface area contributed by atoms with Crippen LogP contribution in [-0.4, -0.2) is 39.9 Å². The lowest BCUT2D eigenvalue weighted by molar-refractivity contribution is -0.155. The Morgan fingerprint density at radius 1 is 1.35 bits per heavy atom. The van der Waals surface area contributed by atoms with E-state index in [2.05, 4.69) is 4.98 Å². The summed E-state index contributed by atoms with van der Waals surface area (Å²) in [4.78, 5) is 30.5. The van der Waals surface area contributed by atoms with Crippen LogP contribution < -0.4 is 0 Å². The Labute approximate surface area is 138 Å². The van der Waals surface area contributed by atoms with E-state index in [0.29, 0.717) is 18.4 Å². The molecule has 1 aliphatic heterocycles. The lowest BCUT2D eigenvalue weighted by atomic mass is 9.97. The smallest absolute Gasteiger partial charge is 0.306 e. The standard InChI is InChI=1S/C18H26N2O3/c1-18(2,3)23-16(21)10-9-15-8-4-5-12-20(15)17(22)14-7-6-11-19-13-14/h6-7,11,13,15H,4-5,8-10,12H2,1-3H3/t15-/m1/s1. The largest absolute Gasteiger partial charge is 0.460 e. The zero-order chi connectivity index (χ0) is 16.9. The number of hydrogen-bond acceptors (Lipinski definition) is 4. The second kappa shape index (κ2) is 7.57. The van der Waals surface area contributed by atoms with Crippen LogP contribution in [0.1, 0.15) is 63.2 Å². The van der Waals surface area contributed by atoms with Crippen molar-refractivity contribution in [1.82, 2.24) is 9.88 Å². The molecule has 5 heteroatoms. The zero-order valence-electron chi connectivity index (χ0n) is 14.2. The highest BCUT2D eigenvalue weighted by Gasteiger charge is 2.28. The van der Waals surface area contributed by atoms with E-state index in [0.717, 1.165) is 25.8 Å². The minimum atomic E-state index is -0.463. The molecule has 0 saturated carbocycles. The predicted molar refractivity (Wildman–Crippen MR) is 88.0 cm³/mol. The third kappa shape index (κ3) is 5.34. The highest BCUT2D eigenvalue weighted by Crippen LogP contribution is 2.23. The van der Waals surface area contributed by atoms with Gasteiger partial charge in [-0.05, 0) is 58.6 Å². The molecule has 0 unspecified atom stereocenters. The fourth-order valence-electron chi connectivity index (χ4n) is 2.90. The highest BCUT2D eigenvalue weighted by atomic mass is 16.6. The summed E-state index contributed by atoms with van der Waals surface area (Å²) in [6, 6.07) is 3.66. The van der Waals surface area contributed by atoms with Crippen LogP contribution >= 0.6 is 0 Å². The summed E-state index contributed by atoms with van der Waals surface area (Å²) in [7, 11) is 0. The maximum absolute atomic E-state index is 12.7. The van der Waals surface area contributed by atoms with E-state index in [9.17, 15) is 9.59 Å². The molecule has 0 radical (unpaired) electrons. The van der Waals surface area contributed by atoms with Crippen molar-refractivity contribution >= 4 is 11.9 Å². The summed E-state index contributed by atoms with van der Waals surface area (Å²) >= 11 is 0. The summed E-state index contributed by atoms with van der Waals surface area (Å²) < 4.78 is 5.36. The van der Waals surface area contributed by atoms with E-state index in [4.69, 9.17) is 4.74 Å². The number of hydrogen-bond donors (Lipinski definition) is 0. The van der Waals surface area contributed by atoms with E-state index in [1.54, 1.807) is 24.5 Å². The number of esters is 1. The van der Waals surface area contributed by atoms with Crippen molar-refractivity contribution < 1.29 is 14.3 Å². The van der Waals surface area contributed by atoms with E-state index >= 15 is 0 Å². The molecule has 2 rings (SSSR count). The molecule has 5 nitrogen and oxygen atoms in total. The Bertz CT molecular complexity index is 537. The van der Waals surface area contributed by atoms with Crippen molar-refractivity contribution in [3.05, 3.63) is 30.1 Å². The summed E-state index contributed by atoms with van der Waals surface area (Å²) in [6.45, 7) is 6.34. The van der Waals surface area contributed by atoms with Gasteiger partial charge in [-0.15, -0.1) is 0 Å². The average Bonchev–Trinajstić information content (AvgIpc) is 2.52. The van der Waals surface area contributed by atoms with Crippen molar-refractivity contribution in [3.8, 4) is 0 Å². The van der Waals surface area contributed by atoms with Crippen molar-refractivity contribution in [3.63, 3.8) is 0 Å². The van der Waals surface area contributed by atoms with Crippen LogP contribution in [0.4, 0.5) is 0 Å². The normalized spacial score (nSPS) is 18.6. The molecular formula is C18H26N2O3. The predicted octanol–water partition coefficient (Wildman–Crippen LogP) is 3.20. The van der Waals surface area contributed by atoms with Crippen LogP contribution in [0, 0.1) is 0 Å². The third-order valence-electron chi connectivity index (χ3n) is 3.90. The summed E-state index contributed by atoms with van der Waals surface area (Å²) in [5.41, 5.74) is 0.145. The van der Waals surface area contributed by atoms with Crippen LogP contribution in [0.3, 0.4) is 0 Å². The van der Waals surface area contributed by atoms with Crippen molar-refractivity contribution in [2.45, 2.75) is 64.5 Å². The second-order valence-corrected chi connectivity index (χ2v) is 7.01. The van der Waals surface area contributed by atoms with Gasteiger partial charge in [0.15, 0.2) is 0 Å². The number of ether oxygens (including phenoxy) is 1. The Hall–Kier alpha value is -1.91. The minimum Gasteiger partial charge on any atom is -0.460 e. The molecule has 0 spiro atoms. The van der Waals surface area contributed by atoms with Crippen LogP contribution in [0.5, 0.6) is 0 Å². The van der Waals surface area contributed by atoms with Crippen LogP contribution in [0.2, 0.25) is 0 Å². The van der Waals surface area contributed by atoms with Gasteiger partial charge in [0.05, 0.1) is 5.56 Å². The lowest BCUT2D eigenvalue weighted by Crippen LogP contribution is -2.44. The first kappa shape index (κ1) is 17.4. The van der Waals surface area contributed by atoms with Crippen molar-refractivity contribution in [2.24, 2.45) is 0 Å². The number of nitrogens with zero attached hydrogens (tertiary/aromatic N) is 2. The molecule has 1 fully saturated rings. The van der Waals surface area contributed by atoms with Gasteiger partial charge in [0.2, 0.25) is 0 Å². The summed E-state index contributed by atoms with van der Waals surface area (Å²) in [6.07, 6.45) is 7.30. The van der Waals surface area contributed by atoms with Crippen molar-refractivity contribution in [2.75, 3.05) is 6.54 Å². The first-order chi connectivity index (χ1) is 10.9. The molecule has 126 valence electrons. The molecule has 1 atom stereocenters. The van der Waals surface area contributed by atoms with Gasteiger partial charge in [0.25, 0.3) is 5.91 Å². The number of aromatic nitrogens is 1. The fourth-order valence-corrected chi connectivity index (χ4v) is 2.90. The van der Waals surface area contributed by atoms with Gasteiger partial charge in [-0.1, -0.05) is 0 Å². The Morgan fingerprint density at radius 2 is 2.13 bits per heavy atom. The molecule has 23 heavy (non-hydrogen) atoms. The minimum absolute atomic E-state index is 0.00647. The Morgan fingerprint density at radius 3 is 2.78 bits per heavy atom. The number of rotatable bonds is 4. The number of amides is 1. The molecular weight excluding hydrogens is 292 g/mol. The molecule has 0 N–H and O–H groups in total. The van der Waals surface area contributed by atoms with Crippen molar-refractivity contribution in [1.29, 1.82) is 0 Å². The van der Waals surface area contributed by atoms with Gasteiger partial charge in [0, 0.05) is 31.4 Å². The third-order valence-corrected chi connectivity index (χ3v) is 3.90. The number of likely N-dealkylation sites (tertiary alicyclic amines) is 1. The van der Waals surface area contributed by atoms with Crippen LogP contribution in [0.25, 0.3) is 0 Å². The topological polar surface area (TPSA) is 59.5 Å². The number of pyridine rings is 1. The maximum atomic E-state index is 12.7. The Kier molecular flexibility index (Phi) is 5.74. The van der Waals surface area contributed by atoms with Crippen LogP contribution in [-0.2, 0) is 9.53 Å². The number of piperidine rings is 1. The first-order valence-electron chi connectivity index (χ1n) is 8.29. The number of carbonyl (C=O) groups is 2. The van der Waals surface area contributed by atoms with Gasteiger partial charge in [-0.3, -0.25) is 14.6 Å². The average molecular weight is 318 g/mol. The van der Waals surface area contributed by atoms with Gasteiger partial charge >= 0.3 is 5.97 Å². The molecule has 1 amide bonds. The van der Waals surface area contributed by atoms with E-state index in [1.165, 1.54) is 0 Å². The second-order valence-electron chi connectivity index (χ2n) is 7.01. The molecule has 1 aliphatic rings. The molecule has 0 bridgehead atoms. The molecule has 1 saturated heterocycles. The zero-order valence-corrected chi connectivity index (χ0v) is 14.2. The number of carbonyl (C=O) groups excluding carboxylic acids is 2. The quantitative estimate of drug-likeness (QED) is 0.800. The van der Waals surface area contributed by atoms with Gasteiger partial charge < -0.3 is 9.64 Å². The highest BCUT2D eigenvalue weighted by molar-refractivity contribution is 5.94. The van der Waals surface area contributed by atoms with E-state index in [-0.39, 0.29) is 17.9 Å². The fraction of sp³-hybridized carbons (Fsp3) is 0.611. The molecule has 0 aliphatic carbocycles. The maximum Gasteiger partial charge on any atom is 0.306 e. The van der Waals surface area contributed by atoms with E-state index < -0.39 is 5.60 Å². The molecule has 1 aromatic rings. The monoisotopic (exact) mass is 318 g/mol. The van der Waals surface area contributed by atoms with Gasteiger partial charge in [0.1, 0.15) is 5.60 Å². The molecule has 2 heterocycles. The summed E-state index contributed by atoms with van der Waals surface area (Å²) in [5.74, 6) is -0.191. The van der Waals surface area contributed by atoms with Gasteiger partial charge in [-0.2, -0.15) is 0 Å². The molecule has 1 aromatic heterocycles. The molecule has 0 aromatic carbocycles. The summed E-state index contributed by atoms with van der Waals surface area (Å²) in [5, 5.41) is 0. The van der Waals surface area contributed by atoms with Gasteiger partial charge in [-0.25, -0.2) is 0 Å². The lowest BCUT2D eigenvalue weighted by Gasteiger charge is -2.36. The SMILES string of the molecule is CC(C)(C)OC(=O)CC[C@H]1CCCCN1C(=O)c1cccnc1. The van der Waals surface area contributed by atoms with E-state index in [1.807, 2.05) is 25.7 Å². The Balaban J connectivity index is 1.96. The first-order valence-corrected chi connectivity index (χ1v) is 8.29. The van der Waals surface area contributed by atoms with Crippen LogP contribution in [0.15, 0.2) is 24.5 Å².